The van der Waals surface area contributed by atoms with Crippen LogP contribution in [0.2, 0.25) is 0 Å². The van der Waals surface area contributed by atoms with Gasteiger partial charge in [0.15, 0.2) is 5.82 Å². The van der Waals surface area contributed by atoms with E-state index in [2.05, 4.69) is 36.8 Å². The minimum absolute atomic E-state index is 0.546. The summed E-state index contributed by atoms with van der Waals surface area (Å²) >= 11 is 1.76. The summed E-state index contributed by atoms with van der Waals surface area (Å²) in [7, 11) is 0. The number of aryl methyl sites for hydroxylation is 3. The van der Waals surface area contributed by atoms with E-state index in [0.717, 1.165) is 23.5 Å². The number of thiophene rings is 1. The van der Waals surface area contributed by atoms with Crippen LogP contribution in [0.25, 0.3) is 11.4 Å². The quantitative estimate of drug-likeness (QED) is 0.867. The lowest BCUT2D eigenvalue weighted by Gasteiger charge is -2.03. The summed E-state index contributed by atoms with van der Waals surface area (Å²) in [5.41, 5.74) is 7.87. The summed E-state index contributed by atoms with van der Waals surface area (Å²) in [6.45, 7) is 6.25. The molecule has 0 unspecified atom stereocenters. The number of hydrogen-bond acceptors (Lipinski definition) is 4. The second kappa shape index (κ2) is 4.22. The molecule has 0 bridgehead atoms. The van der Waals surface area contributed by atoms with Gasteiger partial charge in [-0.1, -0.05) is 6.92 Å². The summed E-state index contributed by atoms with van der Waals surface area (Å²) in [4.78, 5) is 11.3. The zero-order chi connectivity index (χ0) is 11.7. The minimum Gasteiger partial charge on any atom is -0.384 e. The van der Waals surface area contributed by atoms with Crippen LogP contribution in [-0.2, 0) is 6.42 Å². The molecule has 2 heterocycles. The standard InChI is InChI=1S/C12H15N3S/c1-4-9-6-11(13)15-12(14-9)10-5-7(2)16-8(10)3/h5-6H,4H2,1-3H3,(H2,13,14,15). The van der Waals surface area contributed by atoms with E-state index in [1.54, 1.807) is 11.3 Å². The highest BCUT2D eigenvalue weighted by Crippen LogP contribution is 2.28. The summed E-state index contributed by atoms with van der Waals surface area (Å²) in [5.74, 6) is 1.30. The van der Waals surface area contributed by atoms with Gasteiger partial charge in [-0.3, -0.25) is 0 Å². The zero-order valence-electron chi connectivity index (χ0n) is 9.74. The van der Waals surface area contributed by atoms with Crippen molar-refractivity contribution < 1.29 is 0 Å². The predicted octanol–water partition coefficient (Wildman–Crippen LogP) is 2.97. The summed E-state index contributed by atoms with van der Waals surface area (Å²) in [6, 6.07) is 3.95. The third-order valence-corrected chi connectivity index (χ3v) is 3.41. The highest BCUT2D eigenvalue weighted by Gasteiger charge is 2.10. The average Bonchev–Trinajstić information content (AvgIpc) is 2.57. The van der Waals surface area contributed by atoms with Crippen molar-refractivity contribution in [3.05, 3.63) is 27.6 Å². The third kappa shape index (κ3) is 2.07. The molecule has 2 aromatic rings. The maximum atomic E-state index is 5.78. The fourth-order valence-corrected chi connectivity index (χ4v) is 2.59. The van der Waals surface area contributed by atoms with E-state index in [0.29, 0.717) is 5.82 Å². The van der Waals surface area contributed by atoms with Crippen LogP contribution in [0.3, 0.4) is 0 Å². The van der Waals surface area contributed by atoms with E-state index < -0.39 is 0 Å². The van der Waals surface area contributed by atoms with Gasteiger partial charge in [0.25, 0.3) is 0 Å². The molecule has 2 aromatic heterocycles. The fourth-order valence-electron chi connectivity index (χ4n) is 1.67. The first-order valence-electron chi connectivity index (χ1n) is 5.31. The van der Waals surface area contributed by atoms with Gasteiger partial charge >= 0.3 is 0 Å². The predicted molar refractivity (Wildman–Crippen MR) is 68.6 cm³/mol. The summed E-state index contributed by atoms with van der Waals surface area (Å²) in [6.07, 6.45) is 0.877. The Morgan fingerprint density at radius 2 is 2.00 bits per heavy atom. The number of anilines is 1. The normalized spacial score (nSPS) is 10.7. The van der Waals surface area contributed by atoms with Crippen molar-refractivity contribution in [1.82, 2.24) is 9.97 Å². The molecule has 0 aliphatic carbocycles. The van der Waals surface area contributed by atoms with Gasteiger partial charge in [0, 0.05) is 27.1 Å². The third-order valence-electron chi connectivity index (χ3n) is 2.44. The lowest BCUT2D eigenvalue weighted by Crippen LogP contribution is -1.99. The van der Waals surface area contributed by atoms with Crippen molar-refractivity contribution in [2.75, 3.05) is 5.73 Å². The number of nitrogen functional groups attached to an aromatic ring is 1. The van der Waals surface area contributed by atoms with E-state index >= 15 is 0 Å². The van der Waals surface area contributed by atoms with Crippen LogP contribution in [0, 0.1) is 13.8 Å². The van der Waals surface area contributed by atoms with Gasteiger partial charge < -0.3 is 5.73 Å². The van der Waals surface area contributed by atoms with Crippen molar-refractivity contribution in [1.29, 1.82) is 0 Å². The van der Waals surface area contributed by atoms with Gasteiger partial charge in [-0.25, -0.2) is 9.97 Å². The van der Waals surface area contributed by atoms with E-state index in [-0.39, 0.29) is 0 Å². The topological polar surface area (TPSA) is 51.8 Å². The maximum Gasteiger partial charge on any atom is 0.162 e. The van der Waals surface area contributed by atoms with Crippen LogP contribution < -0.4 is 5.73 Å². The number of rotatable bonds is 2. The molecule has 0 aromatic carbocycles. The van der Waals surface area contributed by atoms with E-state index in [4.69, 9.17) is 5.73 Å². The van der Waals surface area contributed by atoms with Crippen molar-refractivity contribution in [2.24, 2.45) is 0 Å². The molecule has 0 saturated heterocycles. The molecule has 2 N–H and O–H groups in total. The van der Waals surface area contributed by atoms with Crippen LogP contribution in [0.15, 0.2) is 12.1 Å². The van der Waals surface area contributed by atoms with Gasteiger partial charge in [0.1, 0.15) is 5.82 Å². The molecule has 16 heavy (non-hydrogen) atoms. The van der Waals surface area contributed by atoms with Crippen molar-refractivity contribution in [3.8, 4) is 11.4 Å². The SMILES string of the molecule is CCc1cc(N)nc(-c2cc(C)sc2C)n1. The van der Waals surface area contributed by atoms with Gasteiger partial charge in [0.2, 0.25) is 0 Å². The van der Waals surface area contributed by atoms with Crippen LogP contribution in [0.4, 0.5) is 5.82 Å². The van der Waals surface area contributed by atoms with E-state index in [1.165, 1.54) is 9.75 Å². The first kappa shape index (κ1) is 11.1. The number of aromatic nitrogens is 2. The first-order chi connectivity index (χ1) is 7.60. The van der Waals surface area contributed by atoms with Gasteiger partial charge in [-0.15, -0.1) is 11.3 Å². The molecule has 0 aliphatic heterocycles. The Labute approximate surface area is 99.4 Å². The highest BCUT2D eigenvalue weighted by molar-refractivity contribution is 7.12. The van der Waals surface area contributed by atoms with Crippen molar-refractivity contribution in [2.45, 2.75) is 27.2 Å². The molecule has 0 saturated carbocycles. The molecule has 0 amide bonds. The molecule has 3 nitrogen and oxygen atoms in total. The van der Waals surface area contributed by atoms with Gasteiger partial charge in [-0.2, -0.15) is 0 Å². The Morgan fingerprint density at radius 3 is 2.56 bits per heavy atom. The second-order valence-electron chi connectivity index (χ2n) is 3.79. The fraction of sp³-hybridized carbons (Fsp3) is 0.333. The van der Waals surface area contributed by atoms with Gasteiger partial charge in [-0.05, 0) is 26.3 Å². The molecule has 0 atom stereocenters. The Morgan fingerprint density at radius 1 is 1.25 bits per heavy atom. The van der Waals surface area contributed by atoms with E-state index in [1.807, 2.05) is 6.07 Å². The van der Waals surface area contributed by atoms with Crippen LogP contribution >= 0.6 is 11.3 Å². The molecular weight excluding hydrogens is 218 g/mol. The largest absolute Gasteiger partial charge is 0.384 e. The highest BCUT2D eigenvalue weighted by atomic mass is 32.1. The molecule has 4 heteroatoms. The Hall–Kier alpha value is -1.42. The molecule has 0 spiro atoms. The van der Waals surface area contributed by atoms with Crippen molar-refractivity contribution >= 4 is 17.2 Å². The first-order valence-corrected chi connectivity index (χ1v) is 6.12. The van der Waals surface area contributed by atoms with Crippen molar-refractivity contribution in [3.63, 3.8) is 0 Å². The Kier molecular flexibility index (Phi) is 2.92. The lowest BCUT2D eigenvalue weighted by atomic mass is 10.2. The average molecular weight is 233 g/mol. The Balaban J connectivity index is 2.55. The molecule has 2 rings (SSSR count). The van der Waals surface area contributed by atoms with E-state index in [9.17, 15) is 0 Å². The Bertz CT molecular complexity index is 517. The molecule has 0 aliphatic rings. The summed E-state index contributed by atoms with van der Waals surface area (Å²) < 4.78 is 0. The molecular formula is C12H15N3S. The van der Waals surface area contributed by atoms with Crippen LogP contribution in [0.1, 0.15) is 22.4 Å². The van der Waals surface area contributed by atoms with Crippen LogP contribution in [-0.4, -0.2) is 9.97 Å². The lowest BCUT2D eigenvalue weighted by molar-refractivity contribution is 1.01. The minimum atomic E-state index is 0.546. The molecule has 0 radical (unpaired) electrons. The molecule has 84 valence electrons. The second-order valence-corrected chi connectivity index (χ2v) is 5.25. The monoisotopic (exact) mass is 233 g/mol. The summed E-state index contributed by atoms with van der Waals surface area (Å²) in [5, 5.41) is 0. The molecule has 0 fully saturated rings. The number of hydrogen-bond donors (Lipinski definition) is 1. The number of nitrogens with zero attached hydrogens (tertiary/aromatic N) is 2. The zero-order valence-corrected chi connectivity index (χ0v) is 10.6. The number of nitrogens with two attached hydrogens (primary N) is 1. The van der Waals surface area contributed by atoms with Gasteiger partial charge in [0.05, 0.1) is 0 Å². The smallest absolute Gasteiger partial charge is 0.162 e. The van der Waals surface area contributed by atoms with Crippen LogP contribution in [0.5, 0.6) is 0 Å². The maximum absolute atomic E-state index is 5.78.